The largest absolute Gasteiger partial charge is 0.456 e. The maximum absolute atomic E-state index is 12.7. The summed E-state index contributed by atoms with van der Waals surface area (Å²) in [6, 6.07) is 13.6. The minimum atomic E-state index is -0.0468. The minimum absolute atomic E-state index is 0.0468. The summed E-state index contributed by atoms with van der Waals surface area (Å²) in [6.07, 6.45) is 2.87. The molecule has 3 heterocycles. The third kappa shape index (κ3) is 3.53. The van der Waals surface area contributed by atoms with Crippen molar-refractivity contribution in [2.45, 2.75) is 31.8 Å². The van der Waals surface area contributed by atoms with Gasteiger partial charge < -0.3 is 9.73 Å². The van der Waals surface area contributed by atoms with Gasteiger partial charge in [0.15, 0.2) is 0 Å². The van der Waals surface area contributed by atoms with E-state index in [1.807, 2.05) is 62.6 Å². The fraction of sp³-hybridized carbons (Fsp3) is 0.217. The summed E-state index contributed by atoms with van der Waals surface area (Å²) in [5.74, 6) is 0.544. The number of para-hydroxylation sites is 1. The summed E-state index contributed by atoms with van der Waals surface area (Å²) in [4.78, 5) is 21.6. The number of thioether (sulfide) groups is 1. The third-order valence-corrected chi connectivity index (χ3v) is 6.01. The molecule has 0 saturated heterocycles. The molecule has 0 bridgehead atoms. The van der Waals surface area contributed by atoms with Gasteiger partial charge >= 0.3 is 0 Å². The second-order valence-corrected chi connectivity index (χ2v) is 8.20. The fourth-order valence-electron chi connectivity index (χ4n) is 3.90. The first kappa shape index (κ1) is 19.6. The van der Waals surface area contributed by atoms with E-state index in [4.69, 9.17) is 4.42 Å². The average molecular weight is 432 g/mol. The Morgan fingerprint density at radius 1 is 1.10 bits per heavy atom. The molecule has 3 aromatic heterocycles. The third-order valence-electron chi connectivity index (χ3n) is 5.47. The lowest BCUT2D eigenvalue weighted by Gasteiger charge is -2.10. The first-order chi connectivity index (χ1) is 15.0. The van der Waals surface area contributed by atoms with Crippen LogP contribution in [0.2, 0.25) is 0 Å². The summed E-state index contributed by atoms with van der Waals surface area (Å²) < 4.78 is 7.61. The highest BCUT2D eigenvalue weighted by atomic mass is 32.2. The Morgan fingerprint density at radius 2 is 1.90 bits per heavy atom. The Kier molecular flexibility index (Phi) is 4.86. The van der Waals surface area contributed by atoms with Crippen molar-refractivity contribution in [2.24, 2.45) is 0 Å². The van der Waals surface area contributed by atoms with Gasteiger partial charge in [-0.3, -0.25) is 4.79 Å². The lowest BCUT2D eigenvalue weighted by molar-refractivity contribution is -0.116. The Balaban J connectivity index is 1.35. The second-order valence-electron chi connectivity index (χ2n) is 7.43. The molecule has 0 aliphatic carbocycles. The van der Waals surface area contributed by atoms with Crippen molar-refractivity contribution >= 4 is 51.1 Å². The van der Waals surface area contributed by atoms with Crippen LogP contribution in [0.15, 0.2) is 52.0 Å². The molecule has 0 unspecified atom stereocenters. The Bertz CT molecular complexity index is 1450. The zero-order valence-electron chi connectivity index (χ0n) is 17.5. The standard InChI is InChI=1S/C23H21N5O2S/c1-13-16(14(2)28-22(24-13)26-23(27-28)31-3)9-11-21(29)25-15-8-10-20-18(12-15)17-6-4-5-7-19(17)30-20/h4-8,10,12H,9,11H2,1-3H3,(H,25,29). The summed E-state index contributed by atoms with van der Waals surface area (Å²) in [5, 5.41) is 10.2. The van der Waals surface area contributed by atoms with Gasteiger partial charge in [-0.05, 0) is 56.4 Å². The van der Waals surface area contributed by atoms with E-state index in [1.165, 1.54) is 11.8 Å². The van der Waals surface area contributed by atoms with Gasteiger partial charge in [0, 0.05) is 34.3 Å². The van der Waals surface area contributed by atoms with Crippen molar-refractivity contribution in [3.05, 3.63) is 59.4 Å². The molecule has 1 N–H and O–H groups in total. The van der Waals surface area contributed by atoms with Crippen LogP contribution in [0.5, 0.6) is 0 Å². The first-order valence-corrected chi connectivity index (χ1v) is 11.2. The Labute approximate surface area is 182 Å². The second kappa shape index (κ2) is 7.70. The molecule has 1 amide bonds. The van der Waals surface area contributed by atoms with Crippen molar-refractivity contribution < 1.29 is 9.21 Å². The number of nitrogens with one attached hydrogen (secondary N) is 1. The van der Waals surface area contributed by atoms with Crippen LogP contribution < -0.4 is 5.32 Å². The molecule has 0 radical (unpaired) electrons. The number of rotatable bonds is 5. The molecule has 0 aliphatic heterocycles. The molecule has 7 nitrogen and oxygen atoms in total. The number of anilines is 1. The number of carbonyl (C=O) groups excluding carboxylic acids is 1. The van der Waals surface area contributed by atoms with E-state index >= 15 is 0 Å². The first-order valence-electron chi connectivity index (χ1n) is 10.0. The molecule has 8 heteroatoms. The molecule has 2 aromatic carbocycles. The van der Waals surface area contributed by atoms with Gasteiger partial charge in [0.05, 0.1) is 0 Å². The highest BCUT2D eigenvalue weighted by Gasteiger charge is 2.15. The smallest absolute Gasteiger partial charge is 0.253 e. The number of fused-ring (bicyclic) bond motifs is 4. The van der Waals surface area contributed by atoms with E-state index in [-0.39, 0.29) is 5.91 Å². The van der Waals surface area contributed by atoms with E-state index < -0.39 is 0 Å². The summed E-state index contributed by atoms with van der Waals surface area (Å²) >= 11 is 1.48. The van der Waals surface area contributed by atoms with E-state index in [2.05, 4.69) is 20.4 Å². The summed E-state index contributed by atoms with van der Waals surface area (Å²) in [5.41, 5.74) is 5.27. The number of hydrogen-bond donors (Lipinski definition) is 1. The number of hydrogen-bond acceptors (Lipinski definition) is 6. The predicted molar refractivity (Wildman–Crippen MR) is 123 cm³/mol. The number of benzene rings is 2. The van der Waals surface area contributed by atoms with Crippen molar-refractivity contribution in [2.75, 3.05) is 11.6 Å². The SMILES string of the molecule is CSc1nc2nc(C)c(CCC(=O)Nc3ccc4oc5ccccc5c4c3)c(C)n2n1. The maximum Gasteiger partial charge on any atom is 0.253 e. The molecule has 0 spiro atoms. The van der Waals surface area contributed by atoms with Crippen LogP contribution in [0, 0.1) is 13.8 Å². The normalized spacial score (nSPS) is 11.6. The molecule has 5 aromatic rings. The zero-order valence-corrected chi connectivity index (χ0v) is 18.3. The van der Waals surface area contributed by atoms with Gasteiger partial charge in [-0.25, -0.2) is 9.50 Å². The van der Waals surface area contributed by atoms with E-state index in [0.29, 0.717) is 23.8 Å². The Hall–Kier alpha value is -3.39. The molecule has 5 rings (SSSR count). The summed E-state index contributed by atoms with van der Waals surface area (Å²) in [7, 11) is 0. The number of carbonyl (C=O) groups is 1. The average Bonchev–Trinajstić information content (AvgIpc) is 3.34. The van der Waals surface area contributed by atoms with E-state index in [0.717, 1.165) is 44.6 Å². The highest BCUT2D eigenvalue weighted by molar-refractivity contribution is 7.98. The molecular weight excluding hydrogens is 410 g/mol. The minimum Gasteiger partial charge on any atom is -0.456 e. The zero-order chi connectivity index (χ0) is 21.5. The van der Waals surface area contributed by atoms with Crippen LogP contribution in [-0.2, 0) is 11.2 Å². The van der Waals surface area contributed by atoms with Crippen molar-refractivity contribution in [1.82, 2.24) is 19.6 Å². The van der Waals surface area contributed by atoms with Crippen LogP contribution in [0.1, 0.15) is 23.4 Å². The van der Waals surface area contributed by atoms with Gasteiger partial charge in [-0.15, -0.1) is 5.10 Å². The molecule has 0 atom stereocenters. The Morgan fingerprint density at radius 3 is 2.74 bits per heavy atom. The van der Waals surface area contributed by atoms with Gasteiger partial charge in [0.1, 0.15) is 11.2 Å². The highest BCUT2D eigenvalue weighted by Crippen LogP contribution is 2.30. The van der Waals surface area contributed by atoms with Crippen LogP contribution >= 0.6 is 11.8 Å². The quantitative estimate of drug-likeness (QED) is 0.397. The van der Waals surface area contributed by atoms with Crippen LogP contribution in [0.25, 0.3) is 27.7 Å². The molecule has 0 aliphatic rings. The van der Waals surface area contributed by atoms with Gasteiger partial charge in [-0.2, -0.15) is 4.98 Å². The number of furan rings is 1. The van der Waals surface area contributed by atoms with Crippen LogP contribution in [-0.4, -0.2) is 31.7 Å². The fourth-order valence-corrected chi connectivity index (χ4v) is 4.24. The van der Waals surface area contributed by atoms with Crippen LogP contribution in [0.3, 0.4) is 0 Å². The molecule has 156 valence electrons. The van der Waals surface area contributed by atoms with E-state index in [9.17, 15) is 4.79 Å². The van der Waals surface area contributed by atoms with Crippen molar-refractivity contribution in [3.63, 3.8) is 0 Å². The molecule has 0 saturated carbocycles. The van der Waals surface area contributed by atoms with Crippen molar-refractivity contribution in [1.29, 1.82) is 0 Å². The number of amides is 1. The number of aromatic nitrogens is 4. The topological polar surface area (TPSA) is 85.3 Å². The van der Waals surface area contributed by atoms with Crippen molar-refractivity contribution in [3.8, 4) is 0 Å². The van der Waals surface area contributed by atoms with Gasteiger partial charge in [0.2, 0.25) is 11.1 Å². The molecule has 31 heavy (non-hydrogen) atoms. The summed E-state index contributed by atoms with van der Waals surface area (Å²) in [6.45, 7) is 3.94. The monoisotopic (exact) mass is 431 g/mol. The lowest BCUT2D eigenvalue weighted by Crippen LogP contribution is -2.14. The molecular formula is C23H21N5O2S. The van der Waals surface area contributed by atoms with E-state index in [1.54, 1.807) is 4.52 Å². The van der Waals surface area contributed by atoms with Gasteiger partial charge in [0.25, 0.3) is 5.78 Å². The predicted octanol–water partition coefficient (Wildman–Crippen LogP) is 4.93. The lowest BCUT2D eigenvalue weighted by atomic mass is 10.1. The molecule has 0 fully saturated rings. The number of nitrogens with zero attached hydrogens (tertiary/aromatic N) is 4. The van der Waals surface area contributed by atoms with Gasteiger partial charge in [-0.1, -0.05) is 30.0 Å². The maximum atomic E-state index is 12.7. The van der Waals surface area contributed by atoms with Crippen LogP contribution in [0.4, 0.5) is 5.69 Å². The number of aryl methyl sites for hydroxylation is 2.